The fourth-order valence-electron chi connectivity index (χ4n) is 1.82. The molecule has 1 unspecified atom stereocenters. The number of rotatable bonds is 3. The lowest BCUT2D eigenvalue weighted by molar-refractivity contribution is 0.191. The summed E-state index contributed by atoms with van der Waals surface area (Å²) in [4.78, 5) is 1.80. The van der Waals surface area contributed by atoms with Crippen molar-refractivity contribution in [2.24, 2.45) is 0 Å². The maximum atomic E-state index is 13.7. The topological polar surface area (TPSA) is 20.2 Å². The molecule has 2 aromatic carbocycles. The van der Waals surface area contributed by atoms with Crippen molar-refractivity contribution in [2.45, 2.75) is 29.7 Å². The molecule has 0 aromatic heterocycles. The molecule has 0 aliphatic rings. The number of hydrogen-bond donors (Lipinski definition) is 1. The van der Waals surface area contributed by atoms with Gasteiger partial charge >= 0.3 is 0 Å². The largest absolute Gasteiger partial charge is 0.389 e. The molecule has 0 spiro atoms. The Morgan fingerprint density at radius 2 is 1.89 bits per heavy atom. The highest BCUT2D eigenvalue weighted by molar-refractivity contribution is 7.99. The van der Waals surface area contributed by atoms with Crippen LogP contribution in [0, 0.1) is 12.7 Å². The highest BCUT2D eigenvalue weighted by atomic mass is 32.2. The van der Waals surface area contributed by atoms with Gasteiger partial charge in [-0.25, -0.2) is 4.39 Å². The van der Waals surface area contributed by atoms with E-state index in [-0.39, 0.29) is 5.82 Å². The van der Waals surface area contributed by atoms with Crippen molar-refractivity contribution in [2.75, 3.05) is 0 Å². The molecule has 0 saturated carbocycles. The van der Waals surface area contributed by atoms with Gasteiger partial charge in [-0.2, -0.15) is 0 Å². The molecule has 1 atom stereocenters. The zero-order valence-corrected chi connectivity index (χ0v) is 11.2. The van der Waals surface area contributed by atoms with Crippen molar-refractivity contribution >= 4 is 11.8 Å². The van der Waals surface area contributed by atoms with Gasteiger partial charge < -0.3 is 5.11 Å². The Morgan fingerprint density at radius 1 is 1.17 bits per heavy atom. The molecule has 0 aliphatic carbocycles. The van der Waals surface area contributed by atoms with Crippen molar-refractivity contribution < 1.29 is 9.50 Å². The van der Waals surface area contributed by atoms with Gasteiger partial charge in [-0.05, 0) is 38.1 Å². The molecule has 2 aromatic rings. The average molecular weight is 262 g/mol. The van der Waals surface area contributed by atoms with Crippen LogP contribution in [0.4, 0.5) is 4.39 Å². The van der Waals surface area contributed by atoms with Crippen molar-refractivity contribution in [3.8, 4) is 0 Å². The summed E-state index contributed by atoms with van der Waals surface area (Å²) in [5, 5.41) is 9.66. The zero-order valence-electron chi connectivity index (χ0n) is 10.4. The minimum Gasteiger partial charge on any atom is -0.389 e. The second-order valence-electron chi connectivity index (χ2n) is 4.25. The number of hydrogen-bond acceptors (Lipinski definition) is 2. The summed E-state index contributed by atoms with van der Waals surface area (Å²) >= 11 is 1.47. The Hall–Kier alpha value is -1.32. The number of aliphatic hydroxyl groups excluding tert-OH is 1. The molecule has 2 rings (SSSR count). The Morgan fingerprint density at radius 3 is 2.56 bits per heavy atom. The first-order valence-electron chi connectivity index (χ1n) is 5.79. The van der Waals surface area contributed by atoms with E-state index in [1.54, 1.807) is 13.0 Å². The third kappa shape index (κ3) is 2.92. The summed E-state index contributed by atoms with van der Waals surface area (Å²) in [6.07, 6.45) is -0.807. The van der Waals surface area contributed by atoms with Gasteiger partial charge in [0.15, 0.2) is 0 Å². The van der Waals surface area contributed by atoms with E-state index in [0.717, 1.165) is 15.4 Å². The Balaban J connectivity index is 2.37. The van der Waals surface area contributed by atoms with Crippen LogP contribution in [0.1, 0.15) is 24.2 Å². The van der Waals surface area contributed by atoms with Crippen LogP contribution < -0.4 is 0 Å². The monoisotopic (exact) mass is 262 g/mol. The Bertz CT molecular complexity index is 552. The van der Waals surface area contributed by atoms with Gasteiger partial charge in [-0.3, -0.25) is 0 Å². The van der Waals surface area contributed by atoms with Crippen LogP contribution in [0.3, 0.4) is 0 Å². The van der Waals surface area contributed by atoms with Gasteiger partial charge in [0, 0.05) is 15.4 Å². The summed E-state index contributed by atoms with van der Waals surface area (Å²) in [7, 11) is 0. The standard InChI is InChI=1S/C15H15FOS/c1-10-5-3-6-12(9-10)18-14-8-4-7-13(16)15(14)11(2)17/h3-9,11,17H,1-2H3. The predicted octanol–water partition coefficient (Wildman–Crippen LogP) is 4.34. The molecule has 94 valence electrons. The van der Waals surface area contributed by atoms with Crippen LogP contribution in [0.5, 0.6) is 0 Å². The molecule has 0 bridgehead atoms. The molecule has 1 N–H and O–H groups in total. The molecular formula is C15H15FOS. The quantitative estimate of drug-likeness (QED) is 0.888. The number of aliphatic hydroxyl groups is 1. The van der Waals surface area contributed by atoms with E-state index in [9.17, 15) is 9.50 Å². The summed E-state index contributed by atoms with van der Waals surface area (Å²) < 4.78 is 13.7. The predicted molar refractivity (Wildman–Crippen MR) is 72.3 cm³/mol. The number of benzene rings is 2. The maximum absolute atomic E-state index is 13.7. The first kappa shape index (κ1) is 13.1. The molecule has 0 aliphatic heterocycles. The molecule has 0 saturated heterocycles. The normalized spacial score (nSPS) is 12.4. The lowest BCUT2D eigenvalue weighted by Crippen LogP contribution is -1.98. The van der Waals surface area contributed by atoms with Gasteiger partial charge in [0.2, 0.25) is 0 Å². The zero-order chi connectivity index (χ0) is 13.1. The lowest BCUT2D eigenvalue weighted by atomic mass is 10.1. The van der Waals surface area contributed by atoms with E-state index < -0.39 is 6.10 Å². The van der Waals surface area contributed by atoms with E-state index in [1.807, 2.05) is 37.3 Å². The molecule has 1 nitrogen and oxygen atoms in total. The third-order valence-corrected chi connectivity index (χ3v) is 3.71. The second kappa shape index (κ2) is 5.55. The van der Waals surface area contributed by atoms with Crippen molar-refractivity contribution in [1.82, 2.24) is 0 Å². The van der Waals surface area contributed by atoms with E-state index in [2.05, 4.69) is 0 Å². The molecule has 3 heteroatoms. The van der Waals surface area contributed by atoms with Gasteiger partial charge in [-0.15, -0.1) is 0 Å². The third-order valence-electron chi connectivity index (χ3n) is 2.65. The van der Waals surface area contributed by atoms with Crippen molar-refractivity contribution in [3.05, 3.63) is 59.4 Å². The van der Waals surface area contributed by atoms with E-state index in [1.165, 1.54) is 17.8 Å². The summed E-state index contributed by atoms with van der Waals surface area (Å²) in [6, 6.07) is 12.9. The van der Waals surface area contributed by atoms with Gasteiger partial charge in [0.05, 0.1) is 6.10 Å². The van der Waals surface area contributed by atoms with Crippen LogP contribution in [0.2, 0.25) is 0 Å². The van der Waals surface area contributed by atoms with Crippen LogP contribution in [-0.4, -0.2) is 5.11 Å². The summed E-state index contributed by atoms with van der Waals surface area (Å²) in [6.45, 7) is 3.60. The van der Waals surface area contributed by atoms with E-state index in [0.29, 0.717) is 5.56 Å². The highest BCUT2D eigenvalue weighted by Crippen LogP contribution is 2.34. The van der Waals surface area contributed by atoms with Crippen molar-refractivity contribution in [1.29, 1.82) is 0 Å². The smallest absolute Gasteiger partial charge is 0.130 e. The minimum atomic E-state index is -0.807. The minimum absolute atomic E-state index is 0.359. The first-order chi connectivity index (χ1) is 8.58. The van der Waals surface area contributed by atoms with Crippen LogP contribution in [0.25, 0.3) is 0 Å². The SMILES string of the molecule is Cc1cccc(Sc2cccc(F)c2C(C)O)c1. The van der Waals surface area contributed by atoms with Crippen LogP contribution >= 0.6 is 11.8 Å². The molecule has 18 heavy (non-hydrogen) atoms. The van der Waals surface area contributed by atoms with Crippen LogP contribution in [-0.2, 0) is 0 Å². The van der Waals surface area contributed by atoms with Crippen LogP contribution in [0.15, 0.2) is 52.3 Å². The molecular weight excluding hydrogens is 247 g/mol. The molecule has 0 radical (unpaired) electrons. The summed E-state index contributed by atoms with van der Waals surface area (Å²) in [5.41, 5.74) is 1.53. The van der Waals surface area contributed by atoms with E-state index in [4.69, 9.17) is 0 Å². The lowest BCUT2D eigenvalue weighted by Gasteiger charge is -2.12. The molecule has 0 heterocycles. The number of aryl methyl sites for hydroxylation is 1. The average Bonchev–Trinajstić information content (AvgIpc) is 2.28. The number of halogens is 1. The van der Waals surface area contributed by atoms with Gasteiger partial charge in [0.1, 0.15) is 5.82 Å². The van der Waals surface area contributed by atoms with Gasteiger partial charge in [0.25, 0.3) is 0 Å². The fraction of sp³-hybridized carbons (Fsp3) is 0.200. The Labute approximate surface area is 111 Å². The van der Waals surface area contributed by atoms with Gasteiger partial charge in [-0.1, -0.05) is 35.5 Å². The van der Waals surface area contributed by atoms with Crippen molar-refractivity contribution in [3.63, 3.8) is 0 Å². The highest BCUT2D eigenvalue weighted by Gasteiger charge is 2.14. The molecule has 0 amide bonds. The molecule has 0 fully saturated rings. The maximum Gasteiger partial charge on any atom is 0.130 e. The second-order valence-corrected chi connectivity index (χ2v) is 5.36. The fourth-order valence-corrected chi connectivity index (χ4v) is 2.99. The first-order valence-corrected chi connectivity index (χ1v) is 6.60. The van der Waals surface area contributed by atoms with E-state index >= 15 is 0 Å². The summed E-state index contributed by atoms with van der Waals surface area (Å²) in [5.74, 6) is -0.359. The Kier molecular flexibility index (Phi) is 4.04.